The second-order valence-electron chi connectivity index (χ2n) is 7.35. The molecule has 2 atom stereocenters. The first-order chi connectivity index (χ1) is 11.1. The Hall–Kier alpha value is -1.35. The van der Waals surface area contributed by atoms with Crippen molar-refractivity contribution in [2.24, 2.45) is 5.92 Å². The summed E-state index contributed by atoms with van der Waals surface area (Å²) < 4.78 is 5.90. The van der Waals surface area contributed by atoms with Crippen molar-refractivity contribution >= 4 is 5.97 Å². The molecule has 1 saturated heterocycles. The van der Waals surface area contributed by atoms with Gasteiger partial charge in [-0.25, -0.2) is 0 Å². The molecule has 23 heavy (non-hydrogen) atoms. The smallest absolute Gasteiger partial charge is 0.302 e. The highest BCUT2D eigenvalue weighted by Crippen LogP contribution is 2.48. The number of hydrogen-bond acceptors (Lipinski definition) is 3. The molecule has 2 unspecified atom stereocenters. The lowest BCUT2D eigenvalue weighted by atomic mass is 9.59. The van der Waals surface area contributed by atoms with Gasteiger partial charge in [-0.1, -0.05) is 49.6 Å². The van der Waals surface area contributed by atoms with Crippen LogP contribution in [0.5, 0.6) is 0 Å². The van der Waals surface area contributed by atoms with Crippen LogP contribution in [-0.4, -0.2) is 37.1 Å². The van der Waals surface area contributed by atoms with Crippen molar-refractivity contribution in [3.05, 3.63) is 35.9 Å². The number of ether oxygens (including phenoxy) is 1. The van der Waals surface area contributed by atoms with Gasteiger partial charge in [-0.15, -0.1) is 0 Å². The zero-order valence-corrected chi connectivity index (χ0v) is 14.5. The van der Waals surface area contributed by atoms with Crippen LogP contribution in [0.2, 0.25) is 0 Å². The average Bonchev–Trinajstić information content (AvgIpc) is 2.56. The van der Waals surface area contributed by atoms with Crippen LogP contribution in [0.25, 0.3) is 0 Å². The molecule has 3 nitrogen and oxygen atoms in total. The zero-order chi connectivity index (χ0) is 16.3. The van der Waals surface area contributed by atoms with Crippen LogP contribution in [-0.2, 0) is 14.9 Å². The van der Waals surface area contributed by atoms with Crippen LogP contribution in [0.4, 0.5) is 0 Å². The van der Waals surface area contributed by atoms with Gasteiger partial charge in [-0.05, 0) is 44.3 Å². The molecule has 1 aromatic carbocycles. The summed E-state index contributed by atoms with van der Waals surface area (Å²) in [6.45, 7) is 3.46. The molecule has 1 heterocycles. The van der Waals surface area contributed by atoms with Crippen LogP contribution in [0.3, 0.4) is 0 Å². The highest BCUT2D eigenvalue weighted by atomic mass is 16.5. The Balaban J connectivity index is 2.03. The van der Waals surface area contributed by atoms with E-state index in [0.717, 1.165) is 19.5 Å². The molecule has 126 valence electrons. The van der Waals surface area contributed by atoms with Crippen molar-refractivity contribution < 1.29 is 9.53 Å². The number of benzene rings is 1. The number of hydrogen-bond donors (Lipinski definition) is 0. The molecule has 0 radical (unpaired) electrons. The van der Waals surface area contributed by atoms with E-state index in [0.29, 0.717) is 5.92 Å². The highest BCUT2D eigenvalue weighted by molar-refractivity contribution is 5.66. The number of carbonyl (C=O) groups is 1. The highest BCUT2D eigenvalue weighted by Gasteiger charge is 2.50. The van der Waals surface area contributed by atoms with Gasteiger partial charge in [0.2, 0.25) is 0 Å². The lowest BCUT2D eigenvalue weighted by molar-refractivity contribution is -0.157. The predicted octanol–water partition coefficient (Wildman–Crippen LogP) is 3.77. The van der Waals surface area contributed by atoms with Crippen LogP contribution >= 0.6 is 0 Å². The van der Waals surface area contributed by atoms with Gasteiger partial charge < -0.3 is 9.64 Å². The van der Waals surface area contributed by atoms with E-state index in [1.807, 2.05) is 0 Å². The molecule has 1 aliphatic heterocycles. The molecule has 3 rings (SSSR count). The minimum atomic E-state index is -0.151. The minimum Gasteiger partial charge on any atom is -0.460 e. The van der Waals surface area contributed by atoms with Crippen LogP contribution in [0.1, 0.15) is 51.0 Å². The number of esters is 1. The normalized spacial score (nSPS) is 30.1. The molecule has 3 heteroatoms. The Bertz CT molecular complexity index is 524. The molecule has 0 spiro atoms. The van der Waals surface area contributed by atoms with E-state index in [-0.39, 0.29) is 17.5 Å². The van der Waals surface area contributed by atoms with E-state index < -0.39 is 0 Å². The summed E-state index contributed by atoms with van der Waals surface area (Å²) in [6, 6.07) is 10.8. The van der Waals surface area contributed by atoms with Gasteiger partial charge in [0.15, 0.2) is 0 Å². The summed E-state index contributed by atoms with van der Waals surface area (Å²) in [5, 5.41) is 0. The molecular formula is C20H29NO2. The maximum absolute atomic E-state index is 11.8. The van der Waals surface area contributed by atoms with Crippen molar-refractivity contribution in [1.29, 1.82) is 0 Å². The molecule has 0 aromatic heterocycles. The van der Waals surface area contributed by atoms with Gasteiger partial charge in [0.25, 0.3) is 0 Å². The lowest BCUT2D eigenvalue weighted by Crippen LogP contribution is -2.58. The monoisotopic (exact) mass is 315 g/mol. The Labute approximate surface area is 140 Å². The fourth-order valence-corrected chi connectivity index (χ4v) is 4.82. The summed E-state index contributed by atoms with van der Waals surface area (Å²) in [6.07, 6.45) is 7.52. The summed E-state index contributed by atoms with van der Waals surface area (Å²) in [5.74, 6) is 0.470. The molecule has 0 amide bonds. The van der Waals surface area contributed by atoms with Crippen molar-refractivity contribution in [1.82, 2.24) is 4.90 Å². The predicted molar refractivity (Wildman–Crippen MR) is 92.4 cm³/mol. The van der Waals surface area contributed by atoms with E-state index in [4.69, 9.17) is 4.74 Å². The first kappa shape index (κ1) is 16.5. The molecule has 1 aromatic rings. The van der Waals surface area contributed by atoms with Crippen molar-refractivity contribution in [2.75, 3.05) is 20.1 Å². The number of rotatable bonds is 3. The molecule has 0 N–H and O–H groups in total. The fourth-order valence-electron chi connectivity index (χ4n) is 4.82. The van der Waals surface area contributed by atoms with Crippen molar-refractivity contribution in [3.63, 3.8) is 0 Å². The molecular weight excluding hydrogens is 286 g/mol. The van der Waals surface area contributed by atoms with E-state index in [2.05, 4.69) is 42.3 Å². The summed E-state index contributed by atoms with van der Waals surface area (Å²) in [4.78, 5) is 14.1. The van der Waals surface area contributed by atoms with E-state index in [1.54, 1.807) is 6.92 Å². The number of likely N-dealkylation sites (N-methyl/N-ethyl adjacent to an activating group) is 1. The van der Waals surface area contributed by atoms with Crippen LogP contribution in [0, 0.1) is 5.92 Å². The Kier molecular flexibility index (Phi) is 5.05. The van der Waals surface area contributed by atoms with Crippen LogP contribution < -0.4 is 0 Å². The largest absolute Gasteiger partial charge is 0.460 e. The number of likely N-dealkylation sites (tertiary alicyclic amines) is 1. The maximum Gasteiger partial charge on any atom is 0.302 e. The first-order valence-corrected chi connectivity index (χ1v) is 9.04. The third-order valence-corrected chi connectivity index (χ3v) is 5.91. The molecule has 2 fully saturated rings. The van der Waals surface area contributed by atoms with Gasteiger partial charge >= 0.3 is 5.97 Å². The number of nitrogens with zero attached hydrogens (tertiary/aromatic N) is 1. The fraction of sp³-hybridized carbons (Fsp3) is 0.650. The minimum absolute atomic E-state index is 0.0140. The number of carbonyl (C=O) groups excluding carboxylic acids is 1. The van der Waals surface area contributed by atoms with Crippen molar-refractivity contribution in [2.45, 2.75) is 57.0 Å². The summed E-state index contributed by atoms with van der Waals surface area (Å²) in [5.41, 5.74) is 1.35. The quantitative estimate of drug-likeness (QED) is 0.795. The SMILES string of the molecule is CC(=O)OC1CN(C)CCC1(c1ccccc1)C1CCCCC1. The Morgan fingerprint density at radius 3 is 2.52 bits per heavy atom. The van der Waals surface area contributed by atoms with E-state index in [1.165, 1.54) is 37.7 Å². The van der Waals surface area contributed by atoms with Gasteiger partial charge in [0.1, 0.15) is 6.10 Å². The van der Waals surface area contributed by atoms with E-state index in [9.17, 15) is 4.79 Å². The average molecular weight is 315 g/mol. The standard InChI is InChI=1S/C20H29NO2/c1-16(22)23-19-15-21(2)14-13-20(19,17-9-5-3-6-10-17)18-11-7-4-8-12-18/h3,5-6,9-10,18-19H,4,7-8,11-15H2,1-2H3. The van der Waals surface area contributed by atoms with Gasteiger partial charge in [-0.2, -0.15) is 0 Å². The third-order valence-electron chi connectivity index (χ3n) is 5.91. The second kappa shape index (κ2) is 7.04. The lowest BCUT2D eigenvalue weighted by Gasteiger charge is -2.52. The van der Waals surface area contributed by atoms with Gasteiger partial charge in [-0.3, -0.25) is 4.79 Å². The second-order valence-corrected chi connectivity index (χ2v) is 7.35. The molecule has 0 bridgehead atoms. The molecule has 1 saturated carbocycles. The first-order valence-electron chi connectivity index (χ1n) is 9.04. The Morgan fingerprint density at radius 2 is 1.87 bits per heavy atom. The zero-order valence-electron chi connectivity index (χ0n) is 14.5. The maximum atomic E-state index is 11.8. The summed E-state index contributed by atoms with van der Waals surface area (Å²) >= 11 is 0. The topological polar surface area (TPSA) is 29.5 Å². The van der Waals surface area contributed by atoms with E-state index >= 15 is 0 Å². The molecule has 1 aliphatic carbocycles. The van der Waals surface area contributed by atoms with Gasteiger partial charge in [0.05, 0.1) is 0 Å². The Morgan fingerprint density at radius 1 is 1.17 bits per heavy atom. The van der Waals surface area contributed by atoms with Gasteiger partial charge in [0, 0.05) is 18.9 Å². The van der Waals surface area contributed by atoms with Crippen molar-refractivity contribution in [3.8, 4) is 0 Å². The van der Waals surface area contributed by atoms with Crippen LogP contribution in [0.15, 0.2) is 30.3 Å². The number of piperidine rings is 1. The summed E-state index contributed by atoms with van der Waals surface area (Å²) in [7, 11) is 2.13. The molecule has 2 aliphatic rings. The third kappa shape index (κ3) is 3.30.